The summed E-state index contributed by atoms with van der Waals surface area (Å²) in [5.41, 5.74) is 5.90. The highest BCUT2D eigenvalue weighted by atomic mass is 32.1. The van der Waals surface area contributed by atoms with Crippen molar-refractivity contribution in [2.45, 2.75) is 6.10 Å². The molecule has 0 bridgehead atoms. The van der Waals surface area contributed by atoms with Gasteiger partial charge < -0.3 is 10.8 Å². The molecule has 1 rings (SSSR count). The molecule has 1 heterocycles. The molecule has 1 aromatic rings. The first-order chi connectivity index (χ1) is 5.22. The van der Waals surface area contributed by atoms with Crippen molar-refractivity contribution in [2.24, 2.45) is 5.73 Å². The molecule has 0 radical (unpaired) electrons. The molecule has 0 saturated carbocycles. The number of pyridine rings is 1. The van der Waals surface area contributed by atoms with Crippen LogP contribution in [-0.2, 0) is 0 Å². The SMILES string of the molecule is NC(=S)[C@H](O)c1ccncc1. The van der Waals surface area contributed by atoms with E-state index in [0.717, 1.165) is 0 Å². The third-order valence-corrected chi connectivity index (χ3v) is 1.51. The Morgan fingerprint density at radius 1 is 1.55 bits per heavy atom. The first-order valence-electron chi connectivity index (χ1n) is 3.09. The highest BCUT2D eigenvalue weighted by Gasteiger charge is 2.08. The van der Waals surface area contributed by atoms with Crippen molar-refractivity contribution in [2.75, 3.05) is 0 Å². The molecule has 0 fully saturated rings. The maximum absolute atomic E-state index is 9.30. The predicted molar refractivity (Wildman–Crippen MR) is 46.0 cm³/mol. The predicted octanol–water partition coefficient (Wildman–Crippen LogP) is 0.401. The van der Waals surface area contributed by atoms with E-state index in [1.165, 1.54) is 0 Å². The molecule has 58 valence electrons. The van der Waals surface area contributed by atoms with Crippen molar-refractivity contribution in [3.8, 4) is 0 Å². The summed E-state index contributed by atoms with van der Waals surface area (Å²) in [6, 6.07) is 3.34. The summed E-state index contributed by atoms with van der Waals surface area (Å²) in [4.78, 5) is 3.87. The zero-order valence-electron chi connectivity index (χ0n) is 5.77. The minimum Gasteiger partial charge on any atom is -0.391 e. The van der Waals surface area contributed by atoms with E-state index >= 15 is 0 Å². The van der Waals surface area contributed by atoms with E-state index in [9.17, 15) is 5.11 Å². The summed E-state index contributed by atoms with van der Waals surface area (Å²) in [7, 11) is 0. The van der Waals surface area contributed by atoms with Crippen molar-refractivity contribution < 1.29 is 5.11 Å². The Morgan fingerprint density at radius 2 is 2.09 bits per heavy atom. The maximum Gasteiger partial charge on any atom is 0.129 e. The molecule has 0 amide bonds. The third-order valence-electron chi connectivity index (χ3n) is 1.29. The van der Waals surface area contributed by atoms with Gasteiger partial charge in [-0.25, -0.2) is 0 Å². The molecule has 11 heavy (non-hydrogen) atoms. The number of nitrogens with two attached hydrogens (primary N) is 1. The molecule has 0 unspecified atom stereocenters. The summed E-state index contributed by atoms with van der Waals surface area (Å²) in [6.07, 6.45) is 2.31. The number of nitrogens with zero attached hydrogens (tertiary/aromatic N) is 1. The van der Waals surface area contributed by atoms with E-state index in [-0.39, 0.29) is 4.99 Å². The lowest BCUT2D eigenvalue weighted by Gasteiger charge is -2.06. The van der Waals surface area contributed by atoms with Crippen molar-refractivity contribution in [1.82, 2.24) is 4.98 Å². The van der Waals surface area contributed by atoms with Gasteiger partial charge in [-0.2, -0.15) is 0 Å². The average Bonchev–Trinajstić information content (AvgIpc) is 2.05. The average molecular weight is 168 g/mol. The van der Waals surface area contributed by atoms with Gasteiger partial charge in [0.2, 0.25) is 0 Å². The molecule has 0 aliphatic rings. The Labute approximate surface area is 69.9 Å². The van der Waals surface area contributed by atoms with E-state index in [4.69, 9.17) is 5.73 Å². The van der Waals surface area contributed by atoms with Crippen LogP contribution in [0.25, 0.3) is 0 Å². The van der Waals surface area contributed by atoms with Crippen LogP contribution in [0.5, 0.6) is 0 Å². The Kier molecular flexibility index (Phi) is 2.51. The Hall–Kier alpha value is -1.00. The van der Waals surface area contributed by atoms with Gasteiger partial charge in [0.1, 0.15) is 11.1 Å². The topological polar surface area (TPSA) is 59.1 Å². The van der Waals surface area contributed by atoms with Crippen LogP contribution in [-0.4, -0.2) is 15.1 Å². The zero-order chi connectivity index (χ0) is 8.27. The number of aliphatic hydroxyl groups excluding tert-OH is 1. The number of hydrogen-bond acceptors (Lipinski definition) is 3. The summed E-state index contributed by atoms with van der Waals surface area (Å²) < 4.78 is 0. The number of hydrogen-bond donors (Lipinski definition) is 2. The van der Waals surface area contributed by atoms with Gasteiger partial charge in [-0.15, -0.1) is 0 Å². The van der Waals surface area contributed by atoms with E-state index in [1.54, 1.807) is 24.5 Å². The van der Waals surface area contributed by atoms with Gasteiger partial charge in [-0.1, -0.05) is 12.2 Å². The fourth-order valence-electron chi connectivity index (χ4n) is 0.710. The third kappa shape index (κ3) is 1.96. The molecular weight excluding hydrogens is 160 g/mol. The van der Waals surface area contributed by atoms with Crippen LogP contribution in [0.2, 0.25) is 0 Å². The van der Waals surface area contributed by atoms with Crippen molar-refractivity contribution in [1.29, 1.82) is 0 Å². The maximum atomic E-state index is 9.30. The molecule has 4 heteroatoms. The first-order valence-corrected chi connectivity index (χ1v) is 3.50. The van der Waals surface area contributed by atoms with Crippen LogP contribution >= 0.6 is 12.2 Å². The molecule has 0 spiro atoms. The Morgan fingerprint density at radius 3 is 2.55 bits per heavy atom. The monoisotopic (exact) mass is 168 g/mol. The lowest BCUT2D eigenvalue weighted by atomic mass is 10.1. The number of thiocarbonyl (C=S) groups is 1. The smallest absolute Gasteiger partial charge is 0.129 e. The number of aromatic nitrogens is 1. The zero-order valence-corrected chi connectivity index (χ0v) is 6.58. The second-order valence-corrected chi connectivity index (χ2v) is 2.56. The highest BCUT2D eigenvalue weighted by molar-refractivity contribution is 7.80. The van der Waals surface area contributed by atoms with Crippen LogP contribution in [0.15, 0.2) is 24.5 Å². The van der Waals surface area contributed by atoms with Crippen LogP contribution < -0.4 is 5.73 Å². The number of rotatable bonds is 2. The van der Waals surface area contributed by atoms with Gasteiger partial charge in [0.25, 0.3) is 0 Å². The fourth-order valence-corrected chi connectivity index (χ4v) is 0.846. The summed E-state index contributed by atoms with van der Waals surface area (Å²) in [5.74, 6) is 0. The fraction of sp³-hybridized carbons (Fsp3) is 0.143. The van der Waals surface area contributed by atoms with Gasteiger partial charge in [0, 0.05) is 12.4 Å². The molecular formula is C7H8N2OS. The summed E-state index contributed by atoms with van der Waals surface area (Å²) in [5, 5.41) is 9.30. The molecule has 3 N–H and O–H groups in total. The summed E-state index contributed by atoms with van der Waals surface area (Å²) in [6.45, 7) is 0. The van der Waals surface area contributed by atoms with Gasteiger partial charge in [-0.05, 0) is 17.7 Å². The van der Waals surface area contributed by atoms with Gasteiger partial charge in [-0.3, -0.25) is 4.98 Å². The van der Waals surface area contributed by atoms with Crippen LogP contribution in [0, 0.1) is 0 Å². The summed E-state index contributed by atoms with van der Waals surface area (Å²) >= 11 is 4.61. The standard InChI is InChI=1S/C7H8N2OS/c8-7(11)6(10)5-1-3-9-4-2-5/h1-4,6,10H,(H2,8,11)/t6-/m1/s1. The Balaban J connectivity index is 2.85. The molecule has 0 aliphatic heterocycles. The van der Waals surface area contributed by atoms with Crippen LogP contribution in [0.4, 0.5) is 0 Å². The van der Waals surface area contributed by atoms with Gasteiger partial charge >= 0.3 is 0 Å². The normalized spacial score (nSPS) is 12.5. The van der Waals surface area contributed by atoms with E-state index < -0.39 is 6.10 Å². The lowest BCUT2D eigenvalue weighted by molar-refractivity contribution is 0.248. The van der Waals surface area contributed by atoms with Crippen LogP contribution in [0.1, 0.15) is 11.7 Å². The molecule has 0 aliphatic carbocycles. The van der Waals surface area contributed by atoms with Gasteiger partial charge in [0.05, 0.1) is 0 Å². The van der Waals surface area contributed by atoms with E-state index in [1.807, 2.05) is 0 Å². The lowest BCUT2D eigenvalue weighted by Crippen LogP contribution is -2.18. The second kappa shape index (κ2) is 3.41. The minimum atomic E-state index is -0.854. The minimum absolute atomic E-state index is 0.0798. The highest BCUT2D eigenvalue weighted by Crippen LogP contribution is 2.10. The van der Waals surface area contributed by atoms with Crippen molar-refractivity contribution in [3.63, 3.8) is 0 Å². The Bertz CT molecular complexity index is 250. The molecule has 3 nitrogen and oxygen atoms in total. The second-order valence-electron chi connectivity index (χ2n) is 2.09. The van der Waals surface area contributed by atoms with E-state index in [0.29, 0.717) is 5.56 Å². The van der Waals surface area contributed by atoms with Crippen LogP contribution in [0.3, 0.4) is 0 Å². The molecule has 1 aromatic heterocycles. The van der Waals surface area contributed by atoms with Crippen molar-refractivity contribution >= 4 is 17.2 Å². The number of aliphatic hydroxyl groups is 1. The molecule has 1 atom stereocenters. The quantitative estimate of drug-likeness (QED) is 0.628. The van der Waals surface area contributed by atoms with E-state index in [2.05, 4.69) is 17.2 Å². The molecule has 0 aromatic carbocycles. The van der Waals surface area contributed by atoms with Crippen molar-refractivity contribution in [3.05, 3.63) is 30.1 Å². The van der Waals surface area contributed by atoms with Gasteiger partial charge in [0.15, 0.2) is 0 Å². The first kappa shape index (κ1) is 8.10. The largest absolute Gasteiger partial charge is 0.391 e. The molecule has 0 saturated heterocycles.